The summed E-state index contributed by atoms with van der Waals surface area (Å²) < 4.78 is 21.2. The summed E-state index contributed by atoms with van der Waals surface area (Å²) in [4.78, 5) is 0.985. The first-order chi connectivity index (χ1) is 9.92. The molecule has 1 aromatic heterocycles. The number of halogens is 4. The molecule has 0 saturated carbocycles. The quantitative estimate of drug-likeness (QED) is 0.566. The molecule has 0 aliphatic heterocycles. The smallest absolute Gasteiger partial charge is 0.148 e. The minimum Gasteiger partial charge on any atom is -0.482 e. The molecular weight excluding hydrogens is 444 g/mol. The van der Waals surface area contributed by atoms with Gasteiger partial charge in [0.25, 0.3) is 0 Å². The van der Waals surface area contributed by atoms with E-state index in [1.54, 1.807) is 11.3 Å². The molecule has 7 heteroatoms. The van der Waals surface area contributed by atoms with Gasteiger partial charge in [-0.15, -0.1) is 11.3 Å². The van der Waals surface area contributed by atoms with E-state index in [0.29, 0.717) is 10.2 Å². The maximum absolute atomic E-state index is 13.6. The van der Waals surface area contributed by atoms with Crippen molar-refractivity contribution in [2.75, 3.05) is 0 Å². The molecule has 0 fully saturated rings. The highest BCUT2D eigenvalue weighted by Gasteiger charge is 2.24. The van der Waals surface area contributed by atoms with E-state index in [-0.39, 0.29) is 17.2 Å². The van der Waals surface area contributed by atoms with Gasteiger partial charge in [-0.05, 0) is 50.4 Å². The van der Waals surface area contributed by atoms with Gasteiger partial charge in [0.15, 0.2) is 0 Å². The first-order valence-electron chi connectivity index (χ1n) is 6.23. The van der Waals surface area contributed by atoms with Gasteiger partial charge in [0.1, 0.15) is 17.7 Å². The SMILES string of the molecule is CCC(N)C(Oc1cc(F)c(Cl)cc1Br)c1cc(Br)cs1. The van der Waals surface area contributed by atoms with Crippen LogP contribution in [-0.4, -0.2) is 6.04 Å². The number of benzene rings is 1. The van der Waals surface area contributed by atoms with Crippen molar-refractivity contribution >= 4 is 54.8 Å². The van der Waals surface area contributed by atoms with Crippen molar-refractivity contribution in [1.82, 2.24) is 0 Å². The van der Waals surface area contributed by atoms with Crippen LogP contribution in [0.2, 0.25) is 5.02 Å². The Bertz CT molecular complexity index is 637. The summed E-state index contributed by atoms with van der Waals surface area (Å²) >= 11 is 14.0. The van der Waals surface area contributed by atoms with Gasteiger partial charge in [-0.25, -0.2) is 4.39 Å². The molecule has 114 valence electrons. The molecule has 2 N–H and O–H groups in total. The van der Waals surface area contributed by atoms with E-state index < -0.39 is 5.82 Å². The Labute approximate surface area is 148 Å². The lowest BCUT2D eigenvalue weighted by molar-refractivity contribution is 0.173. The average Bonchev–Trinajstić information content (AvgIpc) is 2.87. The van der Waals surface area contributed by atoms with E-state index in [1.165, 1.54) is 12.1 Å². The standard InChI is InChI=1S/C14H13Br2ClFNOS/c1-2-11(19)14(13-3-7(15)6-21-13)20-12-5-10(18)9(17)4-8(12)16/h3-6,11,14H,2,19H2,1H3. The molecule has 0 saturated heterocycles. The van der Waals surface area contributed by atoms with Crippen molar-refractivity contribution in [2.24, 2.45) is 5.73 Å². The number of thiophene rings is 1. The largest absolute Gasteiger partial charge is 0.482 e. The highest BCUT2D eigenvalue weighted by molar-refractivity contribution is 9.10. The zero-order chi connectivity index (χ0) is 15.6. The van der Waals surface area contributed by atoms with Crippen LogP contribution in [0.4, 0.5) is 4.39 Å². The molecule has 0 bridgehead atoms. The third-order valence-corrected chi connectivity index (χ3v) is 5.62. The monoisotopic (exact) mass is 455 g/mol. The number of nitrogens with two attached hydrogens (primary N) is 1. The fourth-order valence-electron chi connectivity index (χ4n) is 1.78. The maximum atomic E-state index is 13.6. The van der Waals surface area contributed by atoms with Crippen molar-refractivity contribution in [3.63, 3.8) is 0 Å². The molecule has 2 nitrogen and oxygen atoms in total. The molecule has 2 atom stereocenters. The van der Waals surface area contributed by atoms with E-state index in [0.717, 1.165) is 15.8 Å². The van der Waals surface area contributed by atoms with Gasteiger partial charge in [-0.2, -0.15) is 0 Å². The highest BCUT2D eigenvalue weighted by Crippen LogP contribution is 2.36. The molecular formula is C14H13Br2ClFNOS. The van der Waals surface area contributed by atoms with Crippen molar-refractivity contribution in [3.05, 3.63) is 48.2 Å². The number of hydrogen-bond acceptors (Lipinski definition) is 3. The zero-order valence-electron chi connectivity index (χ0n) is 11.1. The van der Waals surface area contributed by atoms with Crippen LogP contribution >= 0.6 is 54.8 Å². The van der Waals surface area contributed by atoms with Crippen LogP contribution in [-0.2, 0) is 0 Å². The fourth-order valence-corrected chi connectivity index (χ4v) is 4.06. The van der Waals surface area contributed by atoms with Crippen LogP contribution in [0.3, 0.4) is 0 Å². The van der Waals surface area contributed by atoms with Gasteiger partial charge in [0, 0.05) is 26.8 Å². The third kappa shape index (κ3) is 4.20. The molecule has 0 amide bonds. The lowest BCUT2D eigenvalue weighted by Crippen LogP contribution is -2.31. The van der Waals surface area contributed by atoms with Crippen molar-refractivity contribution in [1.29, 1.82) is 0 Å². The minimum atomic E-state index is -0.522. The first kappa shape index (κ1) is 17.2. The van der Waals surface area contributed by atoms with Gasteiger partial charge in [-0.1, -0.05) is 18.5 Å². The van der Waals surface area contributed by atoms with Crippen LogP contribution in [0.5, 0.6) is 5.75 Å². The second kappa shape index (κ2) is 7.42. The summed E-state index contributed by atoms with van der Waals surface area (Å²) in [6.45, 7) is 1.99. The first-order valence-corrected chi connectivity index (χ1v) is 9.07. The molecule has 1 heterocycles. The predicted octanol–water partition coefficient (Wildman–Crippen LogP) is 5.92. The summed E-state index contributed by atoms with van der Waals surface area (Å²) in [6, 6.07) is 4.52. The molecule has 21 heavy (non-hydrogen) atoms. The molecule has 0 radical (unpaired) electrons. The fraction of sp³-hybridized carbons (Fsp3) is 0.286. The second-order valence-corrected chi connectivity index (χ2v) is 7.59. The topological polar surface area (TPSA) is 35.2 Å². The van der Waals surface area contributed by atoms with Gasteiger partial charge >= 0.3 is 0 Å². The van der Waals surface area contributed by atoms with Crippen LogP contribution in [0.25, 0.3) is 0 Å². The molecule has 0 spiro atoms. The minimum absolute atomic E-state index is 0.0458. The third-order valence-electron chi connectivity index (χ3n) is 2.96. The van der Waals surface area contributed by atoms with E-state index in [4.69, 9.17) is 22.1 Å². The Morgan fingerprint density at radius 3 is 2.67 bits per heavy atom. The van der Waals surface area contributed by atoms with Gasteiger partial charge in [0.2, 0.25) is 0 Å². The highest BCUT2D eigenvalue weighted by atomic mass is 79.9. The second-order valence-electron chi connectivity index (χ2n) is 4.47. The molecule has 2 rings (SSSR count). The predicted molar refractivity (Wildman–Crippen MR) is 92.8 cm³/mol. The van der Waals surface area contributed by atoms with E-state index in [2.05, 4.69) is 31.9 Å². The Morgan fingerprint density at radius 2 is 2.10 bits per heavy atom. The average molecular weight is 458 g/mol. The molecule has 1 aromatic carbocycles. The number of rotatable bonds is 5. The van der Waals surface area contributed by atoms with Crippen molar-refractivity contribution < 1.29 is 9.13 Å². The summed E-state index contributed by atoms with van der Waals surface area (Å²) in [7, 11) is 0. The number of hydrogen-bond donors (Lipinski definition) is 1. The van der Waals surface area contributed by atoms with Gasteiger partial charge in [-0.3, -0.25) is 0 Å². The van der Waals surface area contributed by atoms with Crippen LogP contribution in [0.15, 0.2) is 32.5 Å². The van der Waals surface area contributed by atoms with E-state index in [1.807, 2.05) is 18.4 Å². The van der Waals surface area contributed by atoms with Crippen LogP contribution < -0.4 is 10.5 Å². The van der Waals surface area contributed by atoms with E-state index in [9.17, 15) is 4.39 Å². The van der Waals surface area contributed by atoms with Gasteiger partial charge < -0.3 is 10.5 Å². The zero-order valence-corrected chi connectivity index (χ0v) is 15.8. The van der Waals surface area contributed by atoms with Crippen LogP contribution in [0.1, 0.15) is 24.3 Å². The molecule has 0 aliphatic carbocycles. The summed E-state index contributed by atoms with van der Waals surface area (Å²) in [5.74, 6) is -0.138. The van der Waals surface area contributed by atoms with Crippen LogP contribution in [0, 0.1) is 5.82 Å². The lowest BCUT2D eigenvalue weighted by Gasteiger charge is -2.24. The number of ether oxygens (including phenoxy) is 1. The van der Waals surface area contributed by atoms with Gasteiger partial charge in [0.05, 0.1) is 9.50 Å². The lowest BCUT2D eigenvalue weighted by atomic mass is 10.1. The molecule has 2 aromatic rings. The Hall–Kier alpha value is -0.140. The molecule has 0 aliphatic rings. The summed E-state index contributed by atoms with van der Waals surface area (Å²) in [6.07, 6.45) is 0.400. The molecule has 2 unspecified atom stereocenters. The Morgan fingerprint density at radius 1 is 1.38 bits per heavy atom. The van der Waals surface area contributed by atoms with Crippen molar-refractivity contribution in [2.45, 2.75) is 25.5 Å². The maximum Gasteiger partial charge on any atom is 0.148 e. The summed E-state index contributed by atoms with van der Waals surface area (Å²) in [5.41, 5.74) is 6.16. The Balaban J connectivity index is 2.33. The van der Waals surface area contributed by atoms with Crippen molar-refractivity contribution in [3.8, 4) is 5.75 Å². The van der Waals surface area contributed by atoms with E-state index >= 15 is 0 Å². The summed E-state index contributed by atoms with van der Waals surface area (Å²) in [5, 5.41) is 2.01. The Kier molecular flexibility index (Phi) is 6.08. The normalized spacial score (nSPS) is 14.0.